The van der Waals surface area contributed by atoms with Gasteiger partial charge in [0.05, 0.1) is 41.9 Å². The predicted molar refractivity (Wildman–Crippen MR) is 175 cm³/mol. The molecule has 0 aliphatic carbocycles. The number of carboxylic acids is 5. The molecular formula is C38H42N3O10-5. The van der Waals surface area contributed by atoms with Crippen LogP contribution in [0.2, 0.25) is 0 Å². The predicted octanol–water partition coefficient (Wildman–Crippen LogP) is -3.35. The Hall–Kier alpha value is -5.11. The van der Waals surface area contributed by atoms with Gasteiger partial charge in [-0.1, -0.05) is 91.0 Å². The number of hydrogen-bond donors (Lipinski definition) is 0. The van der Waals surface area contributed by atoms with E-state index in [9.17, 15) is 49.5 Å². The molecule has 3 aromatic rings. The van der Waals surface area contributed by atoms with E-state index in [1.165, 1.54) is 4.90 Å². The number of aliphatic carboxylic acids is 5. The van der Waals surface area contributed by atoms with Crippen molar-refractivity contribution in [2.24, 2.45) is 0 Å². The highest BCUT2D eigenvalue weighted by atomic mass is 16.4. The van der Waals surface area contributed by atoms with Gasteiger partial charge in [0.1, 0.15) is 0 Å². The average molecular weight is 701 g/mol. The van der Waals surface area contributed by atoms with Crippen molar-refractivity contribution in [1.29, 1.82) is 0 Å². The monoisotopic (exact) mass is 700 g/mol. The molecule has 0 heterocycles. The van der Waals surface area contributed by atoms with Crippen molar-refractivity contribution in [3.05, 3.63) is 108 Å². The third-order valence-electron chi connectivity index (χ3n) is 8.80. The maximum absolute atomic E-state index is 12.6. The van der Waals surface area contributed by atoms with Gasteiger partial charge in [-0.3, -0.25) is 14.7 Å². The minimum absolute atomic E-state index is 0.00829. The number of nitrogens with zero attached hydrogens (tertiary/aromatic N) is 3. The molecule has 0 saturated carbocycles. The van der Waals surface area contributed by atoms with Gasteiger partial charge in [-0.25, -0.2) is 0 Å². The average Bonchev–Trinajstić information content (AvgIpc) is 3.09. The topological polar surface area (TPSA) is 210 Å². The molecule has 0 saturated heterocycles. The summed E-state index contributed by atoms with van der Waals surface area (Å²) in [6, 6.07) is 22.9. The fourth-order valence-corrected chi connectivity index (χ4v) is 6.15. The molecule has 0 spiro atoms. The molecule has 0 amide bonds. The van der Waals surface area contributed by atoms with Crippen LogP contribution in [-0.4, -0.2) is 102 Å². The van der Waals surface area contributed by atoms with Crippen LogP contribution in [0.3, 0.4) is 0 Å². The Morgan fingerprint density at radius 2 is 0.667 bits per heavy atom. The highest BCUT2D eigenvalue weighted by Crippen LogP contribution is 2.16. The molecule has 13 nitrogen and oxygen atoms in total. The Morgan fingerprint density at radius 3 is 0.922 bits per heavy atom. The Morgan fingerprint density at radius 1 is 0.412 bits per heavy atom. The molecule has 0 fully saturated rings. The Bertz CT molecular complexity index is 1460. The summed E-state index contributed by atoms with van der Waals surface area (Å²) in [4.78, 5) is 64.4. The Kier molecular flexibility index (Phi) is 16.7. The van der Waals surface area contributed by atoms with E-state index in [2.05, 4.69) is 0 Å². The van der Waals surface area contributed by atoms with Crippen molar-refractivity contribution in [2.45, 2.75) is 56.7 Å². The number of carbonyl (C=O) groups is 5. The minimum Gasteiger partial charge on any atom is -0.549 e. The van der Waals surface area contributed by atoms with E-state index in [-0.39, 0.29) is 58.3 Å². The largest absolute Gasteiger partial charge is 0.549 e. The van der Waals surface area contributed by atoms with Gasteiger partial charge in [-0.05, 0) is 55.2 Å². The van der Waals surface area contributed by atoms with Crippen LogP contribution >= 0.6 is 0 Å². The molecule has 3 rings (SSSR count). The number of benzene rings is 3. The van der Waals surface area contributed by atoms with Crippen molar-refractivity contribution in [3.63, 3.8) is 0 Å². The molecule has 3 unspecified atom stereocenters. The van der Waals surface area contributed by atoms with E-state index >= 15 is 0 Å². The van der Waals surface area contributed by atoms with E-state index in [1.54, 1.807) is 78.9 Å². The van der Waals surface area contributed by atoms with Crippen LogP contribution in [0.15, 0.2) is 91.0 Å². The number of aryl methyl sites for hydroxylation is 3. The van der Waals surface area contributed by atoms with Crippen molar-refractivity contribution in [3.8, 4) is 0 Å². The molecule has 3 aromatic carbocycles. The first-order valence-electron chi connectivity index (χ1n) is 16.8. The van der Waals surface area contributed by atoms with E-state index in [0.29, 0.717) is 6.42 Å². The highest BCUT2D eigenvalue weighted by Gasteiger charge is 2.27. The van der Waals surface area contributed by atoms with Crippen molar-refractivity contribution < 1.29 is 49.5 Å². The SMILES string of the molecule is O=C([O-])CN(CCN(CCN(CC(=O)[O-])C(CCc1ccccc1)C(=O)[O-])C(CCc1ccccc1)C(=O)[O-])C(CCc1ccccc1)C(=O)[O-]. The quantitative estimate of drug-likeness (QED) is 0.0847. The summed E-state index contributed by atoms with van der Waals surface area (Å²) >= 11 is 0. The minimum atomic E-state index is -1.55. The first kappa shape index (κ1) is 40.3. The summed E-state index contributed by atoms with van der Waals surface area (Å²) in [5.74, 6) is -7.61. The van der Waals surface area contributed by atoms with Gasteiger partial charge in [0.15, 0.2) is 0 Å². The van der Waals surface area contributed by atoms with E-state index in [0.717, 1.165) is 26.5 Å². The fraction of sp³-hybridized carbons (Fsp3) is 0.395. The number of rotatable bonds is 25. The zero-order chi connectivity index (χ0) is 37.2. The van der Waals surface area contributed by atoms with Gasteiger partial charge in [0.2, 0.25) is 0 Å². The van der Waals surface area contributed by atoms with Crippen LogP contribution in [0.5, 0.6) is 0 Å². The van der Waals surface area contributed by atoms with Crippen molar-refractivity contribution in [1.82, 2.24) is 14.7 Å². The number of hydrogen-bond acceptors (Lipinski definition) is 13. The van der Waals surface area contributed by atoms with Crippen LogP contribution in [-0.2, 0) is 43.2 Å². The molecule has 3 atom stereocenters. The van der Waals surface area contributed by atoms with E-state index in [1.807, 2.05) is 12.1 Å². The Labute approximate surface area is 297 Å². The summed E-state index contributed by atoms with van der Waals surface area (Å²) in [7, 11) is 0. The first-order valence-corrected chi connectivity index (χ1v) is 16.8. The van der Waals surface area contributed by atoms with Crippen LogP contribution in [0, 0.1) is 0 Å². The number of carbonyl (C=O) groups excluding carboxylic acids is 5. The van der Waals surface area contributed by atoms with Crippen LogP contribution < -0.4 is 25.5 Å². The molecule has 0 N–H and O–H groups in total. The molecule has 274 valence electrons. The van der Waals surface area contributed by atoms with Gasteiger partial charge in [0.25, 0.3) is 0 Å². The van der Waals surface area contributed by atoms with Crippen LogP contribution in [0.4, 0.5) is 0 Å². The molecule has 51 heavy (non-hydrogen) atoms. The second-order valence-corrected chi connectivity index (χ2v) is 12.3. The normalized spacial score (nSPS) is 13.2. The standard InChI is InChI=1S/C38H47N3O10/c42-34(43)26-40(32(37(48)49)20-17-29-12-6-2-7-13-29)24-22-39(31(36(46)47)19-16-28-10-4-1-5-11-28)23-25-41(27-35(44)45)33(38(50)51)21-18-30-14-8-3-9-15-30/h1-15,31-33H,16-27H2,(H,42,43)(H,44,45)(H,46,47)(H,48,49)(H,50,51)/p-5. The van der Waals surface area contributed by atoms with Crippen molar-refractivity contribution in [2.75, 3.05) is 39.3 Å². The summed E-state index contributed by atoms with van der Waals surface area (Å²) in [6.07, 6.45) is 0.897. The van der Waals surface area contributed by atoms with Crippen LogP contribution in [0.1, 0.15) is 36.0 Å². The lowest BCUT2D eigenvalue weighted by atomic mass is 10.0. The maximum atomic E-state index is 12.6. The van der Waals surface area contributed by atoms with Gasteiger partial charge in [-0.15, -0.1) is 0 Å². The summed E-state index contributed by atoms with van der Waals surface area (Å²) < 4.78 is 0. The third-order valence-corrected chi connectivity index (χ3v) is 8.80. The van der Waals surface area contributed by atoms with Gasteiger partial charge < -0.3 is 49.5 Å². The lowest BCUT2D eigenvalue weighted by molar-refractivity contribution is -0.317. The fourth-order valence-electron chi connectivity index (χ4n) is 6.15. The third kappa shape index (κ3) is 14.3. The maximum Gasteiger partial charge on any atom is 0.0586 e. The van der Waals surface area contributed by atoms with Gasteiger partial charge >= 0.3 is 0 Å². The lowest BCUT2D eigenvalue weighted by Gasteiger charge is -2.39. The zero-order valence-corrected chi connectivity index (χ0v) is 28.3. The lowest BCUT2D eigenvalue weighted by Crippen LogP contribution is -2.58. The van der Waals surface area contributed by atoms with E-state index in [4.69, 9.17) is 0 Å². The molecule has 0 radical (unpaired) electrons. The molecular weight excluding hydrogens is 658 g/mol. The molecule has 0 aliphatic heterocycles. The van der Waals surface area contributed by atoms with Crippen LogP contribution in [0.25, 0.3) is 0 Å². The van der Waals surface area contributed by atoms with E-state index < -0.39 is 61.1 Å². The highest BCUT2D eigenvalue weighted by molar-refractivity contribution is 5.74. The Balaban J connectivity index is 1.88. The number of carboxylic acid groups (broad SMARTS) is 5. The van der Waals surface area contributed by atoms with Crippen molar-refractivity contribution >= 4 is 29.8 Å². The molecule has 0 aromatic heterocycles. The summed E-state index contributed by atoms with van der Waals surface area (Å²) in [5, 5.41) is 60.7. The molecule has 0 aliphatic rings. The van der Waals surface area contributed by atoms with Gasteiger partial charge in [-0.2, -0.15) is 0 Å². The summed E-state index contributed by atoms with van der Waals surface area (Å²) in [6.45, 7) is -2.48. The molecule has 0 bridgehead atoms. The van der Waals surface area contributed by atoms with Gasteiger partial charge in [0, 0.05) is 45.3 Å². The molecule has 13 heteroatoms. The summed E-state index contributed by atoms with van der Waals surface area (Å²) in [5.41, 5.74) is 2.47. The zero-order valence-electron chi connectivity index (χ0n) is 28.3. The second-order valence-electron chi connectivity index (χ2n) is 12.3. The second kappa shape index (κ2) is 21.2. The smallest absolute Gasteiger partial charge is 0.0586 e. The first-order chi connectivity index (χ1) is 24.4.